The van der Waals surface area contributed by atoms with Crippen LogP contribution in [0.1, 0.15) is 23.5 Å². The molecule has 0 spiro atoms. The number of rotatable bonds is 4. The average Bonchev–Trinajstić information content (AvgIpc) is 3.07. The third kappa shape index (κ3) is 3.26. The van der Waals surface area contributed by atoms with E-state index >= 15 is 0 Å². The molecule has 2 aromatic rings. The van der Waals surface area contributed by atoms with Gasteiger partial charge < -0.3 is 10.0 Å². The van der Waals surface area contributed by atoms with Crippen LogP contribution in [0.2, 0.25) is 0 Å². The van der Waals surface area contributed by atoms with Crippen LogP contribution in [-0.4, -0.2) is 35.0 Å². The molecule has 0 radical (unpaired) electrons. The Labute approximate surface area is 135 Å². The van der Waals surface area contributed by atoms with E-state index in [4.69, 9.17) is 5.11 Å². The molecule has 4 nitrogen and oxygen atoms in total. The van der Waals surface area contributed by atoms with Crippen molar-refractivity contribution in [3.8, 4) is 0 Å². The molecule has 2 aromatic carbocycles. The average molecular weight is 309 g/mol. The molecule has 1 amide bonds. The molecule has 118 valence electrons. The Kier molecular flexibility index (Phi) is 4.42. The lowest BCUT2D eigenvalue weighted by molar-refractivity contribution is -0.141. The maximum absolute atomic E-state index is 13.0. The van der Waals surface area contributed by atoms with Gasteiger partial charge in [-0.1, -0.05) is 60.7 Å². The first-order chi connectivity index (χ1) is 11.2. The first-order valence-corrected chi connectivity index (χ1v) is 7.78. The summed E-state index contributed by atoms with van der Waals surface area (Å²) in [7, 11) is 0. The Morgan fingerprint density at radius 2 is 1.48 bits per heavy atom. The smallest absolute Gasteiger partial charge is 0.308 e. The van der Waals surface area contributed by atoms with Crippen LogP contribution in [0.15, 0.2) is 60.7 Å². The van der Waals surface area contributed by atoms with Crippen LogP contribution >= 0.6 is 0 Å². The fourth-order valence-electron chi connectivity index (χ4n) is 3.11. The highest BCUT2D eigenvalue weighted by Gasteiger charge is 2.35. The summed E-state index contributed by atoms with van der Waals surface area (Å²) in [4.78, 5) is 25.9. The van der Waals surface area contributed by atoms with E-state index in [0.717, 1.165) is 11.1 Å². The zero-order valence-electron chi connectivity index (χ0n) is 12.8. The summed E-state index contributed by atoms with van der Waals surface area (Å²) in [6, 6.07) is 19.3. The second-order valence-corrected chi connectivity index (χ2v) is 5.86. The molecule has 0 aromatic heterocycles. The van der Waals surface area contributed by atoms with Crippen LogP contribution in [0.5, 0.6) is 0 Å². The van der Waals surface area contributed by atoms with Gasteiger partial charge in [-0.15, -0.1) is 0 Å². The third-order valence-corrected chi connectivity index (χ3v) is 4.36. The summed E-state index contributed by atoms with van der Waals surface area (Å²) in [6.07, 6.45) is 0.525. The van der Waals surface area contributed by atoms with Crippen molar-refractivity contribution in [2.75, 3.05) is 13.1 Å². The third-order valence-electron chi connectivity index (χ3n) is 4.36. The van der Waals surface area contributed by atoms with Crippen LogP contribution in [-0.2, 0) is 9.59 Å². The maximum Gasteiger partial charge on any atom is 0.308 e. The number of aliphatic carboxylic acids is 1. The van der Waals surface area contributed by atoms with Gasteiger partial charge in [-0.25, -0.2) is 0 Å². The van der Waals surface area contributed by atoms with Gasteiger partial charge in [0.25, 0.3) is 0 Å². The zero-order valence-corrected chi connectivity index (χ0v) is 12.8. The quantitative estimate of drug-likeness (QED) is 0.945. The molecule has 1 heterocycles. The number of carboxylic acids is 1. The fourth-order valence-corrected chi connectivity index (χ4v) is 3.11. The fraction of sp³-hybridized carbons (Fsp3) is 0.263. The first kappa shape index (κ1) is 15.3. The Balaban J connectivity index is 1.90. The van der Waals surface area contributed by atoms with Gasteiger partial charge in [0.15, 0.2) is 0 Å². The second-order valence-electron chi connectivity index (χ2n) is 5.86. The number of likely N-dealkylation sites (tertiary alicyclic amines) is 1. The van der Waals surface area contributed by atoms with Crippen molar-refractivity contribution in [1.82, 2.24) is 4.90 Å². The topological polar surface area (TPSA) is 57.6 Å². The highest BCUT2D eigenvalue weighted by atomic mass is 16.4. The van der Waals surface area contributed by atoms with Crippen LogP contribution in [0.4, 0.5) is 0 Å². The molecule has 1 N–H and O–H groups in total. The predicted molar refractivity (Wildman–Crippen MR) is 87.0 cm³/mol. The molecule has 4 heteroatoms. The molecule has 1 saturated heterocycles. The molecule has 0 saturated carbocycles. The molecular formula is C19H19NO3. The van der Waals surface area contributed by atoms with Crippen molar-refractivity contribution in [3.63, 3.8) is 0 Å². The highest BCUT2D eigenvalue weighted by molar-refractivity contribution is 5.88. The van der Waals surface area contributed by atoms with Crippen LogP contribution in [0, 0.1) is 5.92 Å². The van der Waals surface area contributed by atoms with Gasteiger partial charge in [0, 0.05) is 13.1 Å². The van der Waals surface area contributed by atoms with Crippen molar-refractivity contribution in [2.45, 2.75) is 12.3 Å². The number of nitrogens with zero attached hydrogens (tertiary/aromatic N) is 1. The summed E-state index contributed by atoms with van der Waals surface area (Å²) in [6.45, 7) is 0.802. The minimum atomic E-state index is -0.823. The molecule has 1 aliphatic heterocycles. The molecule has 0 unspecified atom stereocenters. The maximum atomic E-state index is 13.0. The normalized spacial score (nSPS) is 17.4. The van der Waals surface area contributed by atoms with Crippen molar-refractivity contribution in [2.24, 2.45) is 5.92 Å². The van der Waals surface area contributed by atoms with Gasteiger partial charge >= 0.3 is 5.97 Å². The van der Waals surface area contributed by atoms with E-state index < -0.39 is 11.9 Å². The van der Waals surface area contributed by atoms with Gasteiger partial charge in [0.1, 0.15) is 0 Å². The van der Waals surface area contributed by atoms with Crippen LogP contribution < -0.4 is 0 Å². The number of carbonyl (C=O) groups excluding carboxylic acids is 1. The molecule has 1 aliphatic rings. The first-order valence-electron chi connectivity index (χ1n) is 7.78. The Hall–Kier alpha value is -2.62. The number of amides is 1. The molecular weight excluding hydrogens is 290 g/mol. The van der Waals surface area contributed by atoms with Crippen LogP contribution in [0.25, 0.3) is 0 Å². The summed E-state index contributed by atoms with van der Waals surface area (Å²) in [5, 5.41) is 9.15. The number of hydrogen-bond acceptors (Lipinski definition) is 2. The number of carboxylic acid groups (broad SMARTS) is 1. The monoisotopic (exact) mass is 309 g/mol. The molecule has 0 aliphatic carbocycles. The lowest BCUT2D eigenvalue weighted by Gasteiger charge is -2.24. The largest absolute Gasteiger partial charge is 0.481 e. The molecule has 3 rings (SSSR count). The van der Waals surface area contributed by atoms with Crippen molar-refractivity contribution < 1.29 is 14.7 Å². The van der Waals surface area contributed by atoms with Gasteiger partial charge in [-0.05, 0) is 17.5 Å². The van der Waals surface area contributed by atoms with E-state index in [1.54, 1.807) is 4.90 Å². The van der Waals surface area contributed by atoms with Crippen LogP contribution in [0.3, 0.4) is 0 Å². The summed E-state index contributed by atoms with van der Waals surface area (Å²) < 4.78 is 0. The Morgan fingerprint density at radius 3 is 1.91 bits per heavy atom. The molecule has 0 bridgehead atoms. The molecule has 1 atom stereocenters. The van der Waals surface area contributed by atoms with E-state index in [-0.39, 0.29) is 11.8 Å². The lowest BCUT2D eigenvalue weighted by atomic mass is 9.90. The minimum Gasteiger partial charge on any atom is -0.481 e. The standard InChI is InChI=1S/C19H19NO3/c21-18(20-12-11-16(13-20)19(22)23)17(14-7-3-1-4-8-14)15-9-5-2-6-10-15/h1-10,16-17H,11-13H2,(H,22,23)/t16-/m1/s1. The minimum absolute atomic E-state index is 0.0221. The summed E-state index contributed by atoms with van der Waals surface area (Å²) >= 11 is 0. The number of carbonyl (C=O) groups is 2. The van der Waals surface area contributed by atoms with E-state index in [9.17, 15) is 9.59 Å². The summed E-state index contributed by atoms with van der Waals surface area (Å²) in [5.41, 5.74) is 1.87. The van der Waals surface area contributed by atoms with Crippen molar-refractivity contribution >= 4 is 11.9 Å². The second kappa shape index (κ2) is 6.65. The zero-order chi connectivity index (χ0) is 16.2. The van der Waals surface area contributed by atoms with Gasteiger partial charge in [-0.3, -0.25) is 9.59 Å². The number of benzene rings is 2. The summed E-state index contributed by atoms with van der Waals surface area (Å²) in [5.74, 6) is -1.68. The van der Waals surface area contributed by atoms with Gasteiger partial charge in [-0.2, -0.15) is 0 Å². The molecule has 1 fully saturated rings. The van der Waals surface area contributed by atoms with E-state index in [2.05, 4.69) is 0 Å². The Morgan fingerprint density at radius 1 is 0.957 bits per heavy atom. The number of hydrogen-bond donors (Lipinski definition) is 1. The molecule has 23 heavy (non-hydrogen) atoms. The van der Waals surface area contributed by atoms with Gasteiger partial charge in [0.05, 0.1) is 11.8 Å². The highest BCUT2D eigenvalue weighted by Crippen LogP contribution is 2.29. The van der Waals surface area contributed by atoms with Gasteiger partial charge in [0.2, 0.25) is 5.91 Å². The van der Waals surface area contributed by atoms with E-state index in [1.807, 2.05) is 60.7 Å². The lowest BCUT2D eigenvalue weighted by Crippen LogP contribution is -2.34. The van der Waals surface area contributed by atoms with Crippen molar-refractivity contribution in [3.05, 3.63) is 71.8 Å². The van der Waals surface area contributed by atoms with Crippen molar-refractivity contribution in [1.29, 1.82) is 0 Å². The van der Waals surface area contributed by atoms with E-state index in [1.165, 1.54) is 0 Å². The van der Waals surface area contributed by atoms with E-state index in [0.29, 0.717) is 19.5 Å². The Bertz CT molecular complexity index is 645. The predicted octanol–water partition coefficient (Wildman–Crippen LogP) is 2.75. The SMILES string of the molecule is O=C(O)[C@@H]1CCN(C(=O)C(c2ccccc2)c2ccccc2)C1.